The Bertz CT molecular complexity index is 451. The van der Waals surface area contributed by atoms with Crippen molar-refractivity contribution >= 4 is 29.9 Å². The number of carbonyl (C=O) groups is 1. The quantitative estimate of drug-likeness (QED) is 0.728. The molecule has 1 aromatic rings. The van der Waals surface area contributed by atoms with Crippen molar-refractivity contribution in [3.8, 4) is 0 Å². The van der Waals surface area contributed by atoms with E-state index in [1.54, 1.807) is 6.33 Å². The van der Waals surface area contributed by atoms with Crippen LogP contribution in [0.5, 0.6) is 0 Å². The number of hydrogen-bond acceptors (Lipinski definition) is 3. The number of nitrogens with zero attached hydrogens (tertiary/aromatic N) is 3. The van der Waals surface area contributed by atoms with E-state index in [1.807, 2.05) is 6.20 Å². The minimum Gasteiger partial charge on any atom is -0.347 e. The summed E-state index contributed by atoms with van der Waals surface area (Å²) in [5.41, 5.74) is 1.15. The Morgan fingerprint density at radius 3 is 2.57 bits per heavy atom. The molecule has 1 aromatic heterocycles. The van der Waals surface area contributed by atoms with E-state index in [9.17, 15) is 4.79 Å². The summed E-state index contributed by atoms with van der Waals surface area (Å²) in [5.74, 6) is 1.17. The van der Waals surface area contributed by atoms with Crippen LogP contribution in [-0.2, 0) is 11.3 Å². The van der Waals surface area contributed by atoms with E-state index in [0.717, 1.165) is 57.2 Å². The molecule has 0 bridgehead atoms. The molecule has 0 radical (unpaired) electrons. The first-order chi connectivity index (χ1) is 10.8. The zero-order chi connectivity index (χ0) is 15.2. The zero-order valence-electron chi connectivity index (χ0n) is 13.9. The van der Waals surface area contributed by atoms with Gasteiger partial charge in [0.25, 0.3) is 0 Å². The molecule has 2 aliphatic rings. The summed E-state index contributed by atoms with van der Waals surface area (Å²) in [6.45, 7) is 4.59. The molecular formula is C17H29IN4O. The summed E-state index contributed by atoms with van der Waals surface area (Å²) in [7, 11) is 0. The number of piperazine rings is 1. The van der Waals surface area contributed by atoms with Crippen molar-refractivity contribution in [3.05, 3.63) is 18.2 Å². The second kappa shape index (κ2) is 9.61. The van der Waals surface area contributed by atoms with Gasteiger partial charge in [0.05, 0.1) is 6.33 Å². The van der Waals surface area contributed by atoms with E-state index >= 15 is 0 Å². The van der Waals surface area contributed by atoms with Gasteiger partial charge in [-0.05, 0) is 12.3 Å². The van der Waals surface area contributed by atoms with Crippen LogP contribution in [-0.4, -0.2) is 51.9 Å². The molecule has 1 saturated heterocycles. The van der Waals surface area contributed by atoms with E-state index in [4.69, 9.17) is 0 Å². The molecule has 0 atom stereocenters. The van der Waals surface area contributed by atoms with Gasteiger partial charge < -0.3 is 9.88 Å². The maximum atomic E-state index is 12.4. The maximum absolute atomic E-state index is 12.4. The average molecular weight is 432 g/mol. The Morgan fingerprint density at radius 1 is 1.17 bits per heavy atom. The van der Waals surface area contributed by atoms with Crippen molar-refractivity contribution in [2.24, 2.45) is 5.92 Å². The number of hydrogen-bond donors (Lipinski definition) is 1. The van der Waals surface area contributed by atoms with Gasteiger partial charge in [0.1, 0.15) is 0 Å². The Kier molecular flexibility index (Phi) is 7.82. The van der Waals surface area contributed by atoms with Crippen molar-refractivity contribution in [1.82, 2.24) is 19.8 Å². The second-order valence-corrected chi connectivity index (χ2v) is 6.78. The predicted molar refractivity (Wildman–Crippen MR) is 102 cm³/mol. The number of aromatic amines is 1. The molecule has 130 valence electrons. The van der Waals surface area contributed by atoms with Crippen LogP contribution in [0.3, 0.4) is 0 Å². The van der Waals surface area contributed by atoms with Crippen LogP contribution >= 0.6 is 24.0 Å². The maximum Gasteiger partial charge on any atom is 0.222 e. The standard InChI is InChI=1S/C17H28N4O.HI/c22-17(7-6-15-4-2-1-3-5-15)21-10-8-20(9-11-21)13-16-12-18-14-19-16;/h12,14-15H,1-11,13H2,(H,18,19);1H. The largest absolute Gasteiger partial charge is 0.347 e. The van der Waals surface area contributed by atoms with Crippen LogP contribution in [0, 0.1) is 5.92 Å². The molecule has 3 rings (SSSR count). The number of H-pyrrole nitrogens is 1. The zero-order valence-corrected chi connectivity index (χ0v) is 16.2. The van der Waals surface area contributed by atoms with E-state index < -0.39 is 0 Å². The fourth-order valence-electron chi connectivity index (χ4n) is 3.73. The van der Waals surface area contributed by atoms with Crippen LogP contribution in [0.15, 0.2) is 12.5 Å². The van der Waals surface area contributed by atoms with Crippen molar-refractivity contribution in [2.75, 3.05) is 26.2 Å². The van der Waals surface area contributed by atoms with Crippen molar-refractivity contribution in [3.63, 3.8) is 0 Å². The van der Waals surface area contributed by atoms with E-state index in [0.29, 0.717) is 5.91 Å². The molecule has 5 nitrogen and oxygen atoms in total. The van der Waals surface area contributed by atoms with Crippen molar-refractivity contribution < 1.29 is 4.79 Å². The van der Waals surface area contributed by atoms with Crippen molar-refractivity contribution in [1.29, 1.82) is 0 Å². The molecule has 1 N–H and O–H groups in total. The molecule has 23 heavy (non-hydrogen) atoms. The summed E-state index contributed by atoms with van der Waals surface area (Å²) >= 11 is 0. The fourth-order valence-corrected chi connectivity index (χ4v) is 3.73. The highest BCUT2D eigenvalue weighted by Gasteiger charge is 2.22. The van der Waals surface area contributed by atoms with Crippen LogP contribution < -0.4 is 0 Å². The lowest BCUT2D eigenvalue weighted by Crippen LogP contribution is -2.48. The number of imidazole rings is 1. The molecule has 1 saturated carbocycles. The second-order valence-electron chi connectivity index (χ2n) is 6.78. The first-order valence-electron chi connectivity index (χ1n) is 8.78. The monoisotopic (exact) mass is 432 g/mol. The molecule has 2 fully saturated rings. The number of halogens is 1. The average Bonchev–Trinajstić information content (AvgIpc) is 3.07. The van der Waals surface area contributed by atoms with Gasteiger partial charge in [-0.25, -0.2) is 4.98 Å². The summed E-state index contributed by atoms with van der Waals surface area (Å²) in [5, 5.41) is 0. The van der Waals surface area contributed by atoms with Gasteiger partial charge in [-0.2, -0.15) is 0 Å². The van der Waals surface area contributed by atoms with Gasteiger partial charge in [-0.15, -0.1) is 24.0 Å². The number of amides is 1. The Balaban J connectivity index is 0.00000192. The van der Waals surface area contributed by atoms with Crippen molar-refractivity contribution in [2.45, 2.75) is 51.5 Å². The third kappa shape index (κ3) is 5.74. The van der Waals surface area contributed by atoms with E-state index in [1.165, 1.54) is 32.1 Å². The van der Waals surface area contributed by atoms with Gasteiger partial charge >= 0.3 is 0 Å². The molecule has 1 aliphatic heterocycles. The normalized spacial score (nSPS) is 20.3. The topological polar surface area (TPSA) is 52.2 Å². The Labute approximate surface area is 156 Å². The molecule has 0 aromatic carbocycles. The van der Waals surface area contributed by atoms with Crippen LogP contribution in [0.2, 0.25) is 0 Å². The van der Waals surface area contributed by atoms with Gasteiger partial charge in [-0.3, -0.25) is 9.69 Å². The first kappa shape index (κ1) is 18.7. The minimum absolute atomic E-state index is 0. The van der Waals surface area contributed by atoms with E-state index in [2.05, 4.69) is 19.8 Å². The number of carbonyl (C=O) groups excluding carboxylic acids is 1. The Morgan fingerprint density at radius 2 is 1.91 bits per heavy atom. The number of aromatic nitrogens is 2. The third-order valence-corrected chi connectivity index (χ3v) is 5.16. The Hall–Kier alpha value is -0.630. The lowest BCUT2D eigenvalue weighted by molar-refractivity contribution is -0.133. The fraction of sp³-hybridized carbons (Fsp3) is 0.765. The lowest BCUT2D eigenvalue weighted by atomic mass is 9.86. The summed E-state index contributed by atoms with van der Waals surface area (Å²) in [6, 6.07) is 0. The summed E-state index contributed by atoms with van der Waals surface area (Å²) < 4.78 is 0. The van der Waals surface area contributed by atoms with Gasteiger partial charge in [0, 0.05) is 51.0 Å². The smallest absolute Gasteiger partial charge is 0.222 e. The summed E-state index contributed by atoms with van der Waals surface area (Å²) in [6.07, 6.45) is 12.3. The predicted octanol–water partition coefficient (Wildman–Crippen LogP) is 3.03. The lowest BCUT2D eigenvalue weighted by Gasteiger charge is -2.34. The summed E-state index contributed by atoms with van der Waals surface area (Å²) in [4.78, 5) is 24.0. The molecular weight excluding hydrogens is 403 g/mol. The molecule has 0 unspecified atom stereocenters. The number of nitrogens with one attached hydrogen (secondary N) is 1. The molecule has 1 aliphatic carbocycles. The van der Waals surface area contributed by atoms with Gasteiger partial charge in [-0.1, -0.05) is 32.1 Å². The highest BCUT2D eigenvalue weighted by atomic mass is 127. The van der Waals surface area contributed by atoms with Crippen LogP contribution in [0.4, 0.5) is 0 Å². The highest BCUT2D eigenvalue weighted by Crippen LogP contribution is 2.27. The molecule has 2 heterocycles. The van der Waals surface area contributed by atoms with Gasteiger partial charge in [0.15, 0.2) is 0 Å². The number of rotatable bonds is 5. The SMILES string of the molecule is I.O=C(CCC1CCCCC1)N1CCN(Cc2cnc[nH]2)CC1. The van der Waals surface area contributed by atoms with Crippen LogP contribution in [0.25, 0.3) is 0 Å². The third-order valence-electron chi connectivity index (χ3n) is 5.16. The van der Waals surface area contributed by atoms with Crippen LogP contribution in [0.1, 0.15) is 50.6 Å². The first-order valence-corrected chi connectivity index (χ1v) is 8.78. The molecule has 1 amide bonds. The molecule has 0 spiro atoms. The van der Waals surface area contributed by atoms with Gasteiger partial charge in [0.2, 0.25) is 5.91 Å². The minimum atomic E-state index is 0. The highest BCUT2D eigenvalue weighted by molar-refractivity contribution is 14.0. The molecule has 6 heteroatoms. The van der Waals surface area contributed by atoms with E-state index in [-0.39, 0.29) is 24.0 Å².